The number of methoxy groups -OCH3 is 1. The van der Waals surface area contributed by atoms with Crippen molar-refractivity contribution in [1.29, 1.82) is 0 Å². The first kappa shape index (κ1) is 12.0. The van der Waals surface area contributed by atoms with Crippen LogP contribution in [-0.4, -0.2) is 17.6 Å². The first-order valence-electron chi connectivity index (χ1n) is 5.62. The Labute approximate surface area is 113 Å². The Balaban J connectivity index is 2.15. The summed E-state index contributed by atoms with van der Waals surface area (Å²) in [5, 5.41) is 2.96. The maximum Gasteiger partial charge on any atom is 0.337 e. The van der Waals surface area contributed by atoms with Crippen LogP contribution < -0.4 is 5.32 Å². The summed E-state index contributed by atoms with van der Waals surface area (Å²) >= 11 is 6.10. The minimum absolute atomic E-state index is 0.361. The van der Waals surface area contributed by atoms with Crippen molar-refractivity contribution in [3.8, 4) is 5.69 Å². The fourth-order valence-corrected chi connectivity index (χ4v) is 2.51. The van der Waals surface area contributed by atoms with Crippen molar-refractivity contribution in [3.63, 3.8) is 0 Å². The highest BCUT2D eigenvalue weighted by atomic mass is 35.5. The molecule has 1 aliphatic rings. The van der Waals surface area contributed by atoms with E-state index in [2.05, 4.69) is 10.1 Å². The standard InChI is InChI=1S/C13H10ClFN2O2/c1-19-13(18)7-2-3-10-9(6-7)16-12(14)11-8(15)4-5-17(10)11/h2-6,12,16H,1H3. The molecule has 1 unspecified atom stereocenters. The van der Waals surface area contributed by atoms with Gasteiger partial charge < -0.3 is 14.6 Å². The topological polar surface area (TPSA) is 43.3 Å². The number of aromatic nitrogens is 1. The Hall–Kier alpha value is -2.01. The van der Waals surface area contributed by atoms with Crippen molar-refractivity contribution in [2.24, 2.45) is 0 Å². The van der Waals surface area contributed by atoms with Gasteiger partial charge in [-0.15, -0.1) is 0 Å². The number of halogens is 2. The molecule has 0 aliphatic carbocycles. The summed E-state index contributed by atoms with van der Waals surface area (Å²) in [6.07, 6.45) is 1.61. The molecule has 2 heterocycles. The summed E-state index contributed by atoms with van der Waals surface area (Å²) in [4.78, 5) is 11.5. The molecule has 4 nitrogen and oxygen atoms in total. The predicted octanol–water partition coefficient (Wildman–Crippen LogP) is 3.07. The molecule has 3 rings (SSSR count). The Morgan fingerprint density at radius 3 is 3.00 bits per heavy atom. The molecule has 6 heteroatoms. The summed E-state index contributed by atoms with van der Waals surface area (Å²) in [7, 11) is 1.32. The molecule has 0 radical (unpaired) electrons. The summed E-state index contributed by atoms with van der Waals surface area (Å²) < 4.78 is 19.9. The van der Waals surface area contributed by atoms with Gasteiger partial charge in [-0.05, 0) is 24.3 Å². The smallest absolute Gasteiger partial charge is 0.337 e. The summed E-state index contributed by atoms with van der Waals surface area (Å²) in [5.74, 6) is -0.796. The molecule has 2 aromatic rings. The third-order valence-corrected chi connectivity index (χ3v) is 3.39. The van der Waals surface area contributed by atoms with Crippen molar-refractivity contribution in [2.75, 3.05) is 12.4 Å². The normalized spacial score (nSPS) is 16.3. The van der Waals surface area contributed by atoms with Gasteiger partial charge in [0.25, 0.3) is 0 Å². The van der Waals surface area contributed by atoms with Gasteiger partial charge in [0.1, 0.15) is 11.3 Å². The second kappa shape index (κ2) is 4.28. The lowest BCUT2D eigenvalue weighted by Crippen LogP contribution is -2.18. The van der Waals surface area contributed by atoms with Crippen molar-refractivity contribution < 1.29 is 13.9 Å². The zero-order valence-corrected chi connectivity index (χ0v) is 10.7. The Morgan fingerprint density at radius 2 is 2.26 bits per heavy atom. The van der Waals surface area contributed by atoms with E-state index in [4.69, 9.17) is 11.6 Å². The zero-order valence-electron chi connectivity index (χ0n) is 9.98. The number of nitrogens with zero attached hydrogens (tertiary/aromatic N) is 1. The van der Waals surface area contributed by atoms with Crippen LogP contribution in [0.5, 0.6) is 0 Å². The van der Waals surface area contributed by atoms with Gasteiger partial charge in [-0.25, -0.2) is 9.18 Å². The molecule has 19 heavy (non-hydrogen) atoms. The number of carbonyl (C=O) groups is 1. The zero-order chi connectivity index (χ0) is 13.6. The van der Waals surface area contributed by atoms with Gasteiger partial charge in [-0.2, -0.15) is 0 Å². The summed E-state index contributed by atoms with van der Waals surface area (Å²) in [6, 6.07) is 6.34. The van der Waals surface area contributed by atoms with Gasteiger partial charge >= 0.3 is 5.97 Å². The average Bonchev–Trinajstić information content (AvgIpc) is 2.80. The number of alkyl halides is 1. The predicted molar refractivity (Wildman–Crippen MR) is 69.3 cm³/mol. The van der Waals surface area contributed by atoms with E-state index in [1.54, 1.807) is 29.0 Å². The molecule has 0 fully saturated rings. The molecule has 0 saturated carbocycles. The molecule has 98 valence electrons. The second-order valence-corrected chi connectivity index (χ2v) is 4.59. The molecule has 0 spiro atoms. The van der Waals surface area contributed by atoms with E-state index >= 15 is 0 Å². The van der Waals surface area contributed by atoms with Crippen LogP contribution in [0.4, 0.5) is 10.1 Å². The third-order valence-electron chi connectivity index (χ3n) is 3.07. The molecule has 0 amide bonds. The van der Waals surface area contributed by atoms with Crippen LogP contribution in [0.25, 0.3) is 5.69 Å². The highest BCUT2D eigenvalue weighted by Gasteiger charge is 2.26. The van der Waals surface area contributed by atoms with E-state index < -0.39 is 11.5 Å². The largest absolute Gasteiger partial charge is 0.465 e. The number of ether oxygens (including phenoxy) is 1. The molecule has 0 saturated heterocycles. The molecular weight excluding hydrogens is 271 g/mol. The number of carbonyl (C=O) groups excluding carboxylic acids is 1. The first-order chi connectivity index (χ1) is 9.11. The molecule has 1 aromatic carbocycles. The number of benzene rings is 1. The fourth-order valence-electron chi connectivity index (χ4n) is 2.19. The van der Waals surface area contributed by atoms with E-state index in [1.165, 1.54) is 13.2 Å². The minimum atomic E-state index is -0.685. The molecule has 1 atom stereocenters. The van der Waals surface area contributed by atoms with Crippen molar-refractivity contribution in [3.05, 3.63) is 47.5 Å². The summed E-state index contributed by atoms with van der Waals surface area (Å²) in [6.45, 7) is 0. The number of esters is 1. The van der Waals surface area contributed by atoms with Crippen LogP contribution in [0, 0.1) is 5.82 Å². The molecule has 0 bridgehead atoms. The summed E-state index contributed by atoms with van der Waals surface area (Å²) in [5.41, 5.74) is 1.48. The Kier molecular flexibility index (Phi) is 2.71. The Bertz CT molecular complexity index is 669. The maximum atomic E-state index is 13.6. The lowest BCUT2D eigenvalue weighted by Gasteiger charge is -2.25. The van der Waals surface area contributed by atoms with Crippen molar-refractivity contribution >= 4 is 23.3 Å². The molecule has 1 aromatic heterocycles. The first-order valence-corrected chi connectivity index (χ1v) is 6.05. The van der Waals surface area contributed by atoms with Crippen LogP contribution in [-0.2, 0) is 4.74 Å². The quantitative estimate of drug-likeness (QED) is 0.496. The number of anilines is 1. The lowest BCUT2D eigenvalue weighted by atomic mass is 10.1. The minimum Gasteiger partial charge on any atom is -0.465 e. The number of hydrogen-bond acceptors (Lipinski definition) is 3. The molecule has 1 N–H and O–H groups in total. The molecule has 1 aliphatic heterocycles. The van der Waals surface area contributed by atoms with Gasteiger partial charge in [0.15, 0.2) is 0 Å². The SMILES string of the molecule is COC(=O)c1ccc2c(c1)NC(Cl)c1c(F)ccn1-2. The van der Waals surface area contributed by atoms with E-state index in [9.17, 15) is 9.18 Å². The van der Waals surface area contributed by atoms with Gasteiger partial charge in [-0.1, -0.05) is 11.6 Å². The van der Waals surface area contributed by atoms with Crippen molar-refractivity contribution in [1.82, 2.24) is 4.57 Å². The highest BCUT2D eigenvalue weighted by molar-refractivity contribution is 6.22. The van der Waals surface area contributed by atoms with Gasteiger partial charge in [-0.3, -0.25) is 0 Å². The molecular formula is C13H10ClFN2O2. The van der Waals surface area contributed by atoms with E-state index in [1.807, 2.05) is 0 Å². The van der Waals surface area contributed by atoms with Crippen LogP contribution in [0.2, 0.25) is 0 Å². The lowest BCUT2D eigenvalue weighted by molar-refractivity contribution is 0.0601. The second-order valence-electron chi connectivity index (χ2n) is 4.15. The monoisotopic (exact) mass is 280 g/mol. The maximum absolute atomic E-state index is 13.6. The Morgan fingerprint density at radius 1 is 1.47 bits per heavy atom. The van der Waals surface area contributed by atoms with E-state index in [-0.39, 0.29) is 5.82 Å². The van der Waals surface area contributed by atoms with Gasteiger partial charge in [0.05, 0.1) is 29.7 Å². The van der Waals surface area contributed by atoms with E-state index in [0.29, 0.717) is 16.9 Å². The van der Waals surface area contributed by atoms with Crippen LogP contribution in [0.15, 0.2) is 30.5 Å². The third kappa shape index (κ3) is 1.77. The number of nitrogens with one attached hydrogen (secondary N) is 1. The van der Waals surface area contributed by atoms with Crippen LogP contribution in [0.1, 0.15) is 21.6 Å². The van der Waals surface area contributed by atoms with Gasteiger partial charge in [0, 0.05) is 6.20 Å². The fraction of sp³-hybridized carbons (Fsp3) is 0.154. The number of fused-ring (bicyclic) bond motifs is 3. The van der Waals surface area contributed by atoms with Crippen LogP contribution in [0.3, 0.4) is 0 Å². The van der Waals surface area contributed by atoms with Crippen LogP contribution >= 0.6 is 11.6 Å². The highest BCUT2D eigenvalue weighted by Crippen LogP contribution is 2.37. The van der Waals surface area contributed by atoms with Gasteiger partial charge in [0.2, 0.25) is 0 Å². The van der Waals surface area contributed by atoms with Crippen molar-refractivity contribution in [2.45, 2.75) is 5.50 Å². The number of rotatable bonds is 1. The average molecular weight is 281 g/mol. The number of hydrogen-bond donors (Lipinski definition) is 1. The van der Waals surface area contributed by atoms with E-state index in [0.717, 1.165) is 5.69 Å².